The van der Waals surface area contributed by atoms with Crippen LogP contribution in [0, 0.1) is 11.8 Å². The van der Waals surface area contributed by atoms with Gasteiger partial charge < -0.3 is 25.1 Å². The van der Waals surface area contributed by atoms with Gasteiger partial charge in [-0.1, -0.05) is 50.2 Å². The number of aliphatic hydroxyl groups excluding tert-OH is 1. The first-order valence-electron chi connectivity index (χ1n) is 13.2. The third-order valence-electron chi connectivity index (χ3n) is 6.87. The van der Waals surface area contributed by atoms with Crippen molar-refractivity contribution in [3.63, 3.8) is 0 Å². The van der Waals surface area contributed by atoms with Gasteiger partial charge in [0.2, 0.25) is 0 Å². The van der Waals surface area contributed by atoms with Crippen molar-refractivity contribution < 1.29 is 19.3 Å². The maximum absolute atomic E-state index is 11.1. The minimum atomic E-state index is -0.590. The molecule has 0 bridgehead atoms. The van der Waals surface area contributed by atoms with Crippen LogP contribution in [-0.4, -0.2) is 62.2 Å². The van der Waals surface area contributed by atoms with Crippen LogP contribution in [-0.2, 0) is 17.7 Å². The van der Waals surface area contributed by atoms with Gasteiger partial charge in [-0.2, -0.15) is 0 Å². The van der Waals surface area contributed by atoms with E-state index in [1.165, 1.54) is 11.1 Å². The van der Waals surface area contributed by atoms with Crippen LogP contribution in [0.4, 0.5) is 0 Å². The van der Waals surface area contributed by atoms with Crippen LogP contribution in [0.5, 0.6) is 11.5 Å². The second-order valence-electron chi connectivity index (χ2n) is 10.4. The average Bonchev–Trinajstić information content (AvgIpc) is 2.86. The van der Waals surface area contributed by atoms with E-state index in [0.717, 1.165) is 37.3 Å². The molecule has 6 nitrogen and oxygen atoms in total. The van der Waals surface area contributed by atoms with Gasteiger partial charge in [-0.15, -0.1) is 24.8 Å². The van der Waals surface area contributed by atoms with E-state index in [4.69, 9.17) is 19.9 Å². The Labute approximate surface area is 243 Å². The largest absolute Gasteiger partial charge is 0.493 e. The summed E-state index contributed by atoms with van der Waals surface area (Å²) < 4.78 is 16.6. The van der Waals surface area contributed by atoms with E-state index < -0.39 is 6.10 Å². The number of nitrogens with zero attached hydrogens (tertiary/aromatic N) is 1. The topological polar surface area (TPSA) is 77.2 Å². The van der Waals surface area contributed by atoms with E-state index in [9.17, 15) is 5.11 Å². The molecule has 0 heterocycles. The fraction of sp³-hybridized carbons (Fsp3) is 0.600. The Morgan fingerprint density at radius 3 is 2.16 bits per heavy atom. The summed E-state index contributed by atoms with van der Waals surface area (Å²) in [5, 5.41) is 11.1. The highest BCUT2D eigenvalue weighted by Crippen LogP contribution is 2.31. The molecule has 0 aliphatic carbocycles. The van der Waals surface area contributed by atoms with Crippen molar-refractivity contribution in [1.82, 2.24) is 4.90 Å². The Bertz CT molecular complexity index is 871. The van der Waals surface area contributed by atoms with Crippen molar-refractivity contribution in [3.8, 4) is 11.5 Å². The van der Waals surface area contributed by atoms with E-state index >= 15 is 0 Å². The van der Waals surface area contributed by atoms with Gasteiger partial charge in [0.1, 0.15) is 0 Å². The zero-order chi connectivity index (χ0) is 26.5. The Morgan fingerprint density at radius 2 is 1.58 bits per heavy atom. The van der Waals surface area contributed by atoms with Gasteiger partial charge in [-0.05, 0) is 61.8 Å². The fourth-order valence-electron chi connectivity index (χ4n) is 4.40. The number of hydrogen-bond acceptors (Lipinski definition) is 6. The highest BCUT2D eigenvalue weighted by Gasteiger charge is 2.25. The number of halogens is 2. The number of ether oxygens (including phenoxy) is 3. The quantitative estimate of drug-likeness (QED) is 0.235. The molecule has 0 aliphatic heterocycles. The predicted octanol–water partition coefficient (Wildman–Crippen LogP) is 5.76. The molecular weight excluding hydrogens is 523 g/mol. The lowest BCUT2D eigenvalue weighted by Crippen LogP contribution is -2.46. The van der Waals surface area contributed by atoms with Crippen LogP contribution in [0.1, 0.15) is 51.7 Å². The van der Waals surface area contributed by atoms with Crippen LogP contribution in [0.25, 0.3) is 0 Å². The number of rotatable bonds is 17. The number of benzene rings is 2. The molecule has 3 N–H and O–H groups in total. The SMILES string of the molecule is COCCCOc1cc(C[C@@H](C[C@H](N)[C@@H](O)CN(Cc2ccccc2)C(C)C)C(C)C)ccc1OC.Cl.Cl. The van der Waals surface area contributed by atoms with E-state index in [0.29, 0.717) is 37.6 Å². The first-order chi connectivity index (χ1) is 17.2. The van der Waals surface area contributed by atoms with Gasteiger partial charge in [0.25, 0.3) is 0 Å². The molecule has 3 atom stereocenters. The van der Waals surface area contributed by atoms with Crippen LogP contribution in [0.2, 0.25) is 0 Å². The number of methoxy groups -OCH3 is 2. The van der Waals surface area contributed by atoms with Gasteiger partial charge in [0.15, 0.2) is 11.5 Å². The summed E-state index contributed by atoms with van der Waals surface area (Å²) in [5.41, 5.74) is 9.02. The summed E-state index contributed by atoms with van der Waals surface area (Å²) >= 11 is 0. The Hall–Kier alpha value is -1.54. The third-order valence-corrected chi connectivity index (χ3v) is 6.87. The number of hydrogen-bond donors (Lipinski definition) is 2. The molecule has 0 fully saturated rings. The van der Waals surface area contributed by atoms with Crippen molar-refractivity contribution in [2.24, 2.45) is 17.6 Å². The molecule has 2 rings (SSSR count). The highest BCUT2D eigenvalue weighted by atomic mass is 35.5. The van der Waals surface area contributed by atoms with Crippen molar-refractivity contribution >= 4 is 24.8 Å². The predicted molar refractivity (Wildman–Crippen MR) is 162 cm³/mol. The van der Waals surface area contributed by atoms with Crippen LogP contribution in [0.3, 0.4) is 0 Å². The second kappa shape index (κ2) is 19.5. The molecule has 0 aromatic heterocycles. The zero-order valence-electron chi connectivity index (χ0n) is 24.0. The number of nitrogens with two attached hydrogens (primary N) is 1. The summed E-state index contributed by atoms with van der Waals surface area (Å²) in [7, 11) is 3.35. The first kappa shape index (κ1) is 36.5. The minimum absolute atomic E-state index is 0. The van der Waals surface area contributed by atoms with E-state index in [1.807, 2.05) is 12.1 Å². The monoisotopic (exact) mass is 572 g/mol. The van der Waals surface area contributed by atoms with Gasteiger partial charge in [0.05, 0.1) is 19.8 Å². The first-order valence-corrected chi connectivity index (χ1v) is 13.2. The Kier molecular flexibility index (Phi) is 18.7. The molecular formula is C30H50Cl2N2O4. The van der Waals surface area contributed by atoms with Crippen molar-refractivity contribution in [2.75, 3.05) is 34.0 Å². The molecule has 0 saturated carbocycles. The third kappa shape index (κ3) is 12.5. The maximum Gasteiger partial charge on any atom is 0.161 e. The molecule has 0 amide bonds. The lowest BCUT2D eigenvalue weighted by Gasteiger charge is -2.33. The molecule has 2 aromatic rings. The van der Waals surface area contributed by atoms with Crippen molar-refractivity contribution in [3.05, 3.63) is 59.7 Å². The molecule has 38 heavy (non-hydrogen) atoms. The van der Waals surface area contributed by atoms with E-state index in [1.54, 1.807) is 14.2 Å². The molecule has 0 aliphatic rings. The van der Waals surface area contributed by atoms with Gasteiger partial charge in [-0.3, -0.25) is 4.90 Å². The standard InChI is InChI=1S/C30H48N2O4.2ClH/c1-22(2)26(17-25-13-14-29(35-6)30(18-25)36-16-10-15-34-5)19-27(31)28(33)21-32(23(3)4)20-24-11-8-7-9-12-24;;/h7-9,11-14,18,22-23,26-28,33H,10,15-17,19-21,31H2,1-6H3;2*1H/t26-,27-,28-;;/m0../s1. The van der Waals surface area contributed by atoms with Crippen LogP contribution >= 0.6 is 24.8 Å². The minimum Gasteiger partial charge on any atom is -0.493 e. The lowest BCUT2D eigenvalue weighted by molar-refractivity contribution is 0.0639. The van der Waals surface area contributed by atoms with Crippen LogP contribution in [0.15, 0.2) is 48.5 Å². The molecule has 0 spiro atoms. The zero-order valence-corrected chi connectivity index (χ0v) is 25.6. The van der Waals surface area contributed by atoms with Gasteiger partial charge in [-0.25, -0.2) is 0 Å². The fourth-order valence-corrected chi connectivity index (χ4v) is 4.40. The lowest BCUT2D eigenvalue weighted by atomic mass is 9.83. The smallest absolute Gasteiger partial charge is 0.161 e. The van der Waals surface area contributed by atoms with Crippen molar-refractivity contribution in [2.45, 2.75) is 71.7 Å². The average molecular weight is 574 g/mol. The summed E-state index contributed by atoms with van der Waals surface area (Å²) in [6.45, 7) is 11.4. The maximum atomic E-state index is 11.1. The molecule has 8 heteroatoms. The Balaban J connectivity index is 0.00000684. The van der Waals surface area contributed by atoms with E-state index in [2.05, 4.69) is 69.0 Å². The summed E-state index contributed by atoms with van der Waals surface area (Å²) in [6, 6.07) is 16.5. The molecule has 218 valence electrons. The van der Waals surface area contributed by atoms with E-state index in [-0.39, 0.29) is 30.9 Å². The van der Waals surface area contributed by atoms with Crippen LogP contribution < -0.4 is 15.2 Å². The summed E-state index contributed by atoms with van der Waals surface area (Å²) in [4.78, 5) is 2.29. The summed E-state index contributed by atoms with van der Waals surface area (Å²) in [5.74, 6) is 2.26. The molecule has 0 radical (unpaired) electrons. The molecule has 2 aromatic carbocycles. The van der Waals surface area contributed by atoms with Crippen molar-refractivity contribution in [1.29, 1.82) is 0 Å². The summed E-state index contributed by atoms with van der Waals surface area (Å²) in [6.07, 6.45) is 1.86. The molecule has 0 saturated heterocycles. The molecule has 0 unspecified atom stereocenters. The van der Waals surface area contributed by atoms with Gasteiger partial charge >= 0.3 is 0 Å². The highest BCUT2D eigenvalue weighted by molar-refractivity contribution is 5.85. The van der Waals surface area contributed by atoms with Gasteiger partial charge in [0, 0.05) is 45.3 Å². The normalized spacial score (nSPS) is 13.6. The second-order valence-corrected chi connectivity index (χ2v) is 10.4. The Morgan fingerprint density at radius 1 is 0.895 bits per heavy atom. The number of aliphatic hydroxyl groups is 1.